The first-order valence-electron chi connectivity index (χ1n) is 8.85. The second-order valence-electron chi connectivity index (χ2n) is 6.73. The van der Waals surface area contributed by atoms with Crippen molar-refractivity contribution >= 4 is 17.7 Å². The number of fused-ring (bicyclic) bond motifs is 1. The van der Waals surface area contributed by atoms with Gasteiger partial charge in [-0.15, -0.1) is 0 Å². The van der Waals surface area contributed by atoms with Crippen LogP contribution in [0, 0.1) is 11.3 Å². The Hall–Kier alpha value is -3.41. The molecular weight excluding hydrogens is 383 g/mol. The predicted molar refractivity (Wildman–Crippen MR) is 101 cm³/mol. The molecule has 0 spiro atoms. The van der Waals surface area contributed by atoms with Crippen LogP contribution in [0.15, 0.2) is 29.9 Å². The van der Waals surface area contributed by atoms with Crippen LogP contribution in [0.3, 0.4) is 0 Å². The van der Waals surface area contributed by atoms with Gasteiger partial charge in [0.05, 0.1) is 34.7 Å². The van der Waals surface area contributed by atoms with Crippen LogP contribution in [0.4, 0.5) is 13.2 Å². The normalized spacial score (nSPS) is 14.5. The Bertz CT molecular complexity index is 1080. The SMILES string of the molecule is C=C1c2nn(C)c(C(=O)c3ccc(C(F)(F)F)c(C#N)c3)c2C=NN1C(C)CC. The summed E-state index contributed by atoms with van der Waals surface area (Å²) in [4.78, 5) is 13.1. The zero-order chi connectivity index (χ0) is 21.5. The first kappa shape index (κ1) is 20.3. The molecule has 0 aliphatic carbocycles. The number of hydrazone groups is 1. The lowest BCUT2D eigenvalue weighted by atomic mass is 9.98. The number of alkyl halides is 3. The topological polar surface area (TPSA) is 74.3 Å². The van der Waals surface area contributed by atoms with E-state index in [0.29, 0.717) is 17.0 Å². The van der Waals surface area contributed by atoms with Gasteiger partial charge in [-0.3, -0.25) is 14.5 Å². The van der Waals surface area contributed by atoms with Crippen molar-refractivity contribution in [1.82, 2.24) is 14.8 Å². The molecule has 29 heavy (non-hydrogen) atoms. The molecule has 9 heteroatoms. The Labute approximate surface area is 165 Å². The van der Waals surface area contributed by atoms with E-state index in [-0.39, 0.29) is 17.3 Å². The van der Waals surface area contributed by atoms with Gasteiger partial charge >= 0.3 is 6.18 Å². The number of nitriles is 1. The van der Waals surface area contributed by atoms with Crippen molar-refractivity contribution in [2.45, 2.75) is 32.5 Å². The number of aryl methyl sites for hydroxylation is 1. The first-order chi connectivity index (χ1) is 13.6. The van der Waals surface area contributed by atoms with Crippen molar-refractivity contribution in [1.29, 1.82) is 5.26 Å². The quantitative estimate of drug-likeness (QED) is 0.727. The second-order valence-corrected chi connectivity index (χ2v) is 6.73. The fourth-order valence-corrected chi connectivity index (χ4v) is 3.16. The van der Waals surface area contributed by atoms with Crippen LogP contribution in [0.2, 0.25) is 0 Å². The maximum atomic E-state index is 13.1. The summed E-state index contributed by atoms with van der Waals surface area (Å²) in [5, 5.41) is 19.5. The van der Waals surface area contributed by atoms with Gasteiger partial charge in [0.1, 0.15) is 11.4 Å². The zero-order valence-corrected chi connectivity index (χ0v) is 16.1. The van der Waals surface area contributed by atoms with E-state index in [2.05, 4.69) is 16.8 Å². The molecule has 1 aliphatic rings. The molecule has 0 radical (unpaired) electrons. The largest absolute Gasteiger partial charge is 0.417 e. The highest BCUT2D eigenvalue weighted by Crippen LogP contribution is 2.33. The highest BCUT2D eigenvalue weighted by molar-refractivity contribution is 6.13. The van der Waals surface area contributed by atoms with Gasteiger partial charge in [-0.25, -0.2) is 0 Å². The molecule has 2 heterocycles. The Morgan fingerprint density at radius 2 is 2.07 bits per heavy atom. The molecule has 1 unspecified atom stereocenters. The van der Waals surface area contributed by atoms with Crippen molar-refractivity contribution in [2.24, 2.45) is 12.1 Å². The van der Waals surface area contributed by atoms with Gasteiger partial charge in [0, 0.05) is 18.7 Å². The second kappa shape index (κ2) is 7.20. The van der Waals surface area contributed by atoms with Crippen molar-refractivity contribution in [3.05, 3.63) is 58.4 Å². The third-order valence-corrected chi connectivity index (χ3v) is 4.88. The predicted octanol–water partition coefficient (Wildman–Crippen LogP) is 3.96. The molecule has 6 nitrogen and oxygen atoms in total. The van der Waals surface area contributed by atoms with E-state index in [1.807, 2.05) is 13.8 Å². The summed E-state index contributed by atoms with van der Waals surface area (Å²) in [6, 6.07) is 4.35. The molecule has 0 saturated heterocycles. The van der Waals surface area contributed by atoms with E-state index >= 15 is 0 Å². The summed E-state index contributed by atoms with van der Waals surface area (Å²) in [7, 11) is 1.57. The summed E-state index contributed by atoms with van der Waals surface area (Å²) in [5.41, 5.74) is -0.0974. The average molecular weight is 401 g/mol. The molecule has 0 amide bonds. The maximum absolute atomic E-state index is 13.1. The van der Waals surface area contributed by atoms with Crippen LogP contribution in [-0.4, -0.2) is 32.8 Å². The Morgan fingerprint density at radius 3 is 2.66 bits per heavy atom. The van der Waals surface area contributed by atoms with Crippen molar-refractivity contribution in [3.8, 4) is 6.07 Å². The molecule has 2 aromatic rings. The molecule has 0 N–H and O–H groups in total. The maximum Gasteiger partial charge on any atom is 0.417 e. The van der Waals surface area contributed by atoms with E-state index in [4.69, 9.17) is 5.26 Å². The van der Waals surface area contributed by atoms with E-state index in [1.54, 1.807) is 12.1 Å². The molecule has 3 rings (SSSR count). The molecule has 150 valence electrons. The average Bonchev–Trinajstić information content (AvgIpc) is 3.02. The van der Waals surface area contributed by atoms with E-state index in [1.165, 1.54) is 17.0 Å². The lowest BCUT2D eigenvalue weighted by molar-refractivity contribution is -0.137. The van der Waals surface area contributed by atoms with Gasteiger partial charge in [-0.05, 0) is 25.5 Å². The summed E-state index contributed by atoms with van der Waals surface area (Å²) >= 11 is 0. The van der Waals surface area contributed by atoms with Gasteiger partial charge in [-0.1, -0.05) is 19.6 Å². The van der Waals surface area contributed by atoms with E-state index < -0.39 is 23.1 Å². The standard InChI is InChI=1S/C20H18F3N5O/c1-5-11(2)28-12(3)17-15(10-25-28)18(27(4)26-17)19(29)13-6-7-16(20(21,22)23)14(8-13)9-24/h6-8,10-11H,3,5H2,1-2,4H3. The molecule has 1 aliphatic heterocycles. The highest BCUT2D eigenvalue weighted by Gasteiger charge is 2.35. The Kier molecular flexibility index (Phi) is 5.05. The van der Waals surface area contributed by atoms with E-state index in [9.17, 15) is 18.0 Å². The molecule has 0 bridgehead atoms. The molecule has 0 fully saturated rings. The smallest absolute Gasteiger partial charge is 0.287 e. The summed E-state index contributed by atoms with van der Waals surface area (Å²) in [5.74, 6) is -0.553. The molecular formula is C20H18F3N5O. The minimum atomic E-state index is -4.68. The Balaban J connectivity index is 2.06. The fourth-order valence-electron chi connectivity index (χ4n) is 3.16. The van der Waals surface area contributed by atoms with Crippen LogP contribution in [-0.2, 0) is 13.2 Å². The zero-order valence-electron chi connectivity index (χ0n) is 16.1. The molecule has 1 aromatic carbocycles. The van der Waals surface area contributed by atoms with Crippen LogP contribution >= 0.6 is 0 Å². The van der Waals surface area contributed by atoms with Gasteiger partial charge < -0.3 is 0 Å². The van der Waals surface area contributed by atoms with Crippen molar-refractivity contribution < 1.29 is 18.0 Å². The minimum absolute atomic E-state index is 0.0382. The lowest BCUT2D eigenvalue weighted by Crippen LogP contribution is -2.28. The van der Waals surface area contributed by atoms with Gasteiger partial charge in [0.25, 0.3) is 0 Å². The minimum Gasteiger partial charge on any atom is -0.287 e. The molecule has 1 atom stereocenters. The summed E-state index contributed by atoms with van der Waals surface area (Å²) in [6.45, 7) is 8.00. The lowest BCUT2D eigenvalue weighted by Gasteiger charge is -2.28. The molecule has 1 aromatic heterocycles. The first-order valence-corrected chi connectivity index (χ1v) is 8.85. The number of ketones is 1. The number of rotatable bonds is 4. The summed E-state index contributed by atoms with van der Waals surface area (Å²) in [6.07, 6.45) is -2.35. The monoisotopic (exact) mass is 401 g/mol. The fraction of sp³-hybridized carbons (Fsp3) is 0.300. The van der Waals surface area contributed by atoms with Gasteiger partial charge in [-0.2, -0.15) is 28.6 Å². The van der Waals surface area contributed by atoms with Crippen molar-refractivity contribution in [2.75, 3.05) is 0 Å². The number of hydrogen-bond donors (Lipinski definition) is 0. The summed E-state index contributed by atoms with van der Waals surface area (Å²) < 4.78 is 40.4. The van der Waals surface area contributed by atoms with Crippen LogP contribution in [0.25, 0.3) is 5.70 Å². The van der Waals surface area contributed by atoms with Crippen LogP contribution < -0.4 is 0 Å². The Morgan fingerprint density at radius 1 is 1.38 bits per heavy atom. The van der Waals surface area contributed by atoms with E-state index in [0.717, 1.165) is 24.6 Å². The number of nitrogens with zero attached hydrogens (tertiary/aromatic N) is 5. The third-order valence-electron chi connectivity index (χ3n) is 4.88. The number of aromatic nitrogens is 2. The van der Waals surface area contributed by atoms with Crippen molar-refractivity contribution in [3.63, 3.8) is 0 Å². The number of benzene rings is 1. The number of carbonyl (C=O) groups is 1. The molecule has 0 saturated carbocycles. The highest BCUT2D eigenvalue weighted by atomic mass is 19.4. The van der Waals surface area contributed by atoms with Gasteiger partial charge in [0.2, 0.25) is 5.78 Å². The van der Waals surface area contributed by atoms with Crippen LogP contribution in [0.5, 0.6) is 0 Å². The number of carbonyl (C=O) groups excluding carboxylic acids is 1. The van der Waals surface area contributed by atoms with Crippen LogP contribution in [0.1, 0.15) is 58.7 Å². The number of halogens is 3. The van der Waals surface area contributed by atoms with Gasteiger partial charge in [0.15, 0.2) is 0 Å². The third kappa shape index (κ3) is 3.42. The number of hydrogen-bond acceptors (Lipinski definition) is 5.